The molecule has 1 aromatic carbocycles. The van der Waals surface area contributed by atoms with Gasteiger partial charge in [-0.05, 0) is 43.0 Å². The summed E-state index contributed by atoms with van der Waals surface area (Å²) < 4.78 is 23.0. The van der Waals surface area contributed by atoms with E-state index in [4.69, 9.17) is 0 Å². The number of ketones is 1. The maximum absolute atomic E-state index is 12.5. The Morgan fingerprint density at radius 3 is 2.28 bits per heavy atom. The highest BCUT2D eigenvalue weighted by Gasteiger charge is 2.37. The molecule has 1 fully saturated rings. The van der Waals surface area contributed by atoms with Crippen LogP contribution in [0.3, 0.4) is 0 Å². The zero-order valence-corrected chi connectivity index (χ0v) is 15.6. The van der Waals surface area contributed by atoms with Crippen molar-refractivity contribution < 1.29 is 23.1 Å². The van der Waals surface area contributed by atoms with Crippen LogP contribution in [0.1, 0.15) is 37.6 Å². The molecule has 0 radical (unpaired) electrons. The molecule has 0 spiro atoms. The summed E-state index contributed by atoms with van der Waals surface area (Å²) in [6.07, 6.45) is 3.18. The number of nitrogens with zero attached hydrogens (tertiary/aromatic N) is 1. The third kappa shape index (κ3) is 4.48. The summed E-state index contributed by atoms with van der Waals surface area (Å²) in [7, 11) is -3.31. The van der Waals surface area contributed by atoms with Gasteiger partial charge in [0.05, 0.1) is 4.90 Å². The molecule has 1 saturated heterocycles. The van der Waals surface area contributed by atoms with Gasteiger partial charge in [0.1, 0.15) is 6.04 Å². The van der Waals surface area contributed by atoms with Crippen molar-refractivity contribution in [3.8, 4) is 0 Å². The minimum atomic E-state index is -3.31. The van der Waals surface area contributed by atoms with E-state index >= 15 is 0 Å². The maximum atomic E-state index is 12.5. The van der Waals surface area contributed by atoms with E-state index < -0.39 is 21.8 Å². The Kier molecular flexibility index (Phi) is 5.09. The fourth-order valence-corrected chi connectivity index (χ4v) is 3.59. The third-order valence-corrected chi connectivity index (χ3v) is 5.45. The lowest BCUT2D eigenvalue weighted by Gasteiger charge is -2.26. The number of hydrogen-bond donors (Lipinski definition) is 1. The lowest BCUT2D eigenvalue weighted by Crippen LogP contribution is -2.37. The quantitative estimate of drug-likeness (QED) is 0.636. The van der Waals surface area contributed by atoms with E-state index in [2.05, 4.69) is 0 Å². The van der Waals surface area contributed by atoms with Crippen LogP contribution in [0.25, 0.3) is 0 Å². The molecule has 1 heterocycles. The van der Waals surface area contributed by atoms with E-state index in [0.29, 0.717) is 24.2 Å². The van der Waals surface area contributed by atoms with E-state index in [1.54, 1.807) is 11.8 Å². The van der Waals surface area contributed by atoms with Gasteiger partial charge in [0, 0.05) is 30.1 Å². The molecule has 136 valence electrons. The highest BCUT2D eigenvalue weighted by molar-refractivity contribution is 7.90. The number of carbonyl (C=O) groups excluding carboxylic acids is 1. The maximum Gasteiger partial charge on any atom is 0.326 e. The van der Waals surface area contributed by atoms with Crippen molar-refractivity contribution in [2.75, 3.05) is 12.8 Å². The van der Waals surface area contributed by atoms with E-state index in [1.807, 2.05) is 13.8 Å². The highest BCUT2D eigenvalue weighted by Crippen LogP contribution is 2.37. The molecule has 6 nitrogen and oxygen atoms in total. The van der Waals surface area contributed by atoms with Crippen molar-refractivity contribution in [3.05, 3.63) is 41.6 Å². The summed E-state index contributed by atoms with van der Waals surface area (Å²) >= 11 is 0. The normalized spacial score (nSPS) is 19.8. The van der Waals surface area contributed by atoms with Gasteiger partial charge >= 0.3 is 5.97 Å². The molecule has 1 atom stereocenters. The van der Waals surface area contributed by atoms with Gasteiger partial charge in [-0.15, -0.1) is 0 Å². The third-order valence-electron chi connectivity index (χ3n) is 4.32. The van der Waals surface area contributed by atoms with E-state index in [1.165, 1.54) is 30.3 Å². The van der Waals surface area contributed by atoms with Gasteiger partial charge in [-0.2, -0.15) is 0 Å². The standard InChI is InChI=1S/C18H23NO5S/c1-12(17(21)22)19-11-18(2,3)10-14(19)9-16(20)13-5-7-15(8-6-13)25(4,23)24/h5-9,12H,10-11H2,1-4H3,(H,21,22)/b14-9+. The van der Waals surface area contributed by atoms with Gasteiger partial charge in [0.25, 0.3) is 0 Å². The average molecular weight is 365 g/mol. The molecule has 1 aromatic rings. The Bertz CT molecular complexity index is 822. The number of benzene rings is 1. The first-order chi connectivity index (χ1) is 11.4. The first-order valence-corrected chi connectivity index (χ1v) is 9.84. The predicted molar refractivity (Wildman–Crippen MR) is 94.2 cm³/mol. The number of carbonyl (C=O) groups is 2. The lowest BCUT2D eigenvalue weighted by atomic mass is 9.92. The van der Waals surface area contributed by atoms with Gasteiger partial charge < -0.3 is 10.0 Å². The van der Waals surface area contributed by atoms with Crippen LogP contribution in [-0.2, 0) is 14.6 Å². The van der Waals surface area contributed by atoms with Crippen molar-refractivity contribution in [2.24, 2.45) is 5.41 Å². The molecule has 1 N–H and O–H groups in total. The van der Waals surface area contributed by atoms with Crippen molar-refractivity contribution in [1.29, 1.82) is 0 Å². The topological polar surface area (TPSA) is 91.8 Å². The number of aliphatic carboxylic acids is 1. The SMILES string of the molecule is CC(C(=O)O)N1CC(C)(C)C/C1=C\C(=O)c1ccc(S(C)(=O)=O)cc1. The lowest BCUT2D eigenvalue weighted by molar-refractivity contribution is -0.141. The van der Waals surface area contributed by atoms with Crippen LogP contribution in [0.5, 0.6) is 0 Å². The summed E-state index contributed by atoms with van der Waals surface area (Å²) in [5.41, 5.74) is 0.945. The molecule has 1 unspecified atom stereocenters. The summed E-state index contributed by atoms with van der Waals surface area (Å²) in [6, 6.07) is 5.03. The summed E-state index contributed by atoms with van der Waals surface area (Å²) in [4.78, 5) is 25.7. The zero-order chi connectivity index (χ0) is 19.0. The molecule has 0 aromatic heterocycles. The minimum Gasteiger partial charge on any atom is -0.480 e. The smallest absolute Gasteiger partial charge is 0.326 e. The number of rotatable bonds is 5. The van der Waals surface area contributed by atoms with Crippen LogP contribution in [-0.4, -0.2) is 49.0 Å². The monoisotopic (exact) mass is 365 g/mol. The fraction of sp³-hybridized carbons (Fsp3) is 0.444. The van der Waals surface area contributed by atoms with Crippen LogP contribution >= 0.6 is 0 Å². The molecule has 0 amide bonds. The van der Waals surface area contributed by atoms with Crippen LogP contribution in [0.4, 0.5) is 0 Å². The Balaban J connectivity index is 2.30. The van der Waals surface area contributed by atoms with E-state index in [-0.39, 0.29) is 16.1 Å². The highest BCUT2D eigenvalue weighted by atomic mass is 32.2. The number of likely N-dealkylation sites (tertiary alicyclic amines) is 1. The molecule has 25 heavy (non-hydrogen) atoms. The molecule has 1 aliphatic heterocycles. The van der Waals surface area contributed by atoms with Gasteiger partial charge in [-0.1, -0.05) is 13.8 Å². The van der Waals surface area contributed by atoms with Gasteiger partial charge in [-0.3, -0.25) is 4.79 Å². The molecular formula is C18H23NO5S. The number of hydrogen-bond acceptors (Lipinski definition) is 5. The first-order valence-electron chi connectivity index (χ1n) is 7.95. The average Bonchev–Trinajstić information content (AvgIpc) is 2.80. The molecular weight excluding hydrogens is 342 g/mol. The second-order valence-corrected chi connectivity index (χ2v) is 9.30. The number of allylic oxidation sites excluding steroid dienone is 2. The Hall–Kier alpha value is -2.15. The number of sulfone groups is 1. The molecule has 7 heteroatoms. The Morgan fingerprint density at radius 2 is 1.80 bits per heavy atom. The molecule has 1 aliphatic rings. The van der Waals surface area contributed by atoms with Crippen LogP contribution in [0.2, 0.25) is 0 Å². The van der Waals surface area contributed by atoms with Crippen LogP contribution in [0.15, 0.2) is 40.9 Å². The number of carboxylic acids is 1. The summed E-state index contributed by atoms with van der Waals surface area (Å²) in [5.74, 6) is -1.20. The van der Waals surface area contributed by atoms with Crippen LogP contribution in [0, 0.1) is 5.41 Å². The van der Waals surface area contributed by atoms with Crippen molar-refractivity contribution in [3.63, 3.8) is 0 Å². The summed E-state index contributed by atoms with van der Waals surface area (Å²) in [5, 5.41) is 9.28. The second kappa shape index (κ2) is 6.63. The molecule has 0 saturated carbocycles. The van der Waals surface area contributed by atoms with Gasteiger partial charge in [0.2, 0.25) is 0 Å². The van der Waals surface area contributed by atoms with E-state index in [9.17, 15) is 23.1 Å². The van der Waals surface area contributed by atoms with Crippen molar-refractivity contribution in [2.45, 2.75) is 38.1 Å². The Morgan fingerprint density at radius 1 is 1.24 bits per heavy atom. The van der Waals surface area contributed by atoms with Crippen LogP contribution < -0.4 is 0 Å². The van der Waals surface area contributed by atoms with E-state index in [0.717, 1.165) is 6.26 Å². The fourth-order valence-electron chi connectivity index (χ4n) is 2.96. The van der Waals surface area contributed by atoms with Gasteiger partial charge in [-0.25, -0.2) is 13.2 Å². The first kappa shape index (κ1) is 19.2. The molecule has 2 rings (SSSR count). The van der Waals surface area contributed by atoms with Gasteiger partial charge in [0.15, 0.2) is 15.6 Å². The number of carboxylic acid groups (broad SMARTS) is 1. The van der Waals surface area contributed by atoms with Crippen molar-refractivity contribution in [1.82, 2.24) is 4.90 Å². The van der Waals surface area contributed by atoms with Crippen molar-refractivity contribution >= 4 is 21.6 Å². The minimum absolute atomic E-state index is 0.115. The molecule has 0 bridgehead atoms. The largest absolute Gasteiger partial charge is 0.480 e. The second-order valence-electron chi connectivity index (χ2n) is 7.28. The Labute approximate surface area is 148 Å². The predicted octanol–water partition coefficient (Wildman–Crippen LogP) is 2.36. The summed E-state index contributed by atoms with van der Waals surface area (Å²) in [6.45, 7) is 6.22. The molecule has 0 aliphatic carbocycles. The zero-order valence-electron chi connectivity index (χ0n) is 14.8.